The molecule has 0 aromatic heterocycles. The highest BCUT2D eigenvalue weighted by atomic mass is 15.3. The lowest BCUT2D eigenvalue weighted by molar-refractivity contribution is 0.660. The van der Waals surface area contributed by atoms with E-state index in [1.807, 2.05) is 36.4 Å². The first-order valence-corrected chi connectivity index (χ1v) is 15.3. The summed E-state index contributed by atoms with van der Waals surface area (Å²) in [6, 6.07) is 46.8. The molecular weight excluding hydrogens is 548 g/mol. The zero-order valence-corrected chi connectivity index (χ0v) is 25.3. The van der Waals surface area contributed by atoms with Crippen molar-refractivity contribution in [3.63, 3.8) is 0 Å². The van der Waals surface area contributed by atoms with E-state index >= 15 is 0 Å². The van der Waals surface area contributed by atoms with E-state index in [4.69, 9.17) is 0 Å². The Morgan fingerprint density at radius 2 is 1.29 bits per heavy atom. The number of fused-ring (bicyclic) bond motifs is 6. The number of hydrogen-bond donors (Lipinski definition) is 2. The molecule has 0 radical (unpaired) electrons. The molecule has 2 aliphatic rings. The summed E-state index contributed by atoms with van der Waals surface area (Å²) in [5.41, 5.74) is 15.4. The second kappa shape index (κ2) is 10.5. The molecule has 6 aromatic rings. The van der Waals surface area contributed by atoms with Gasteiger partial charge in [-0.1, -0.05) is 105 Å². The fourth-order valence-corrected chi connectivity index (χ4v) is 6.85. The SMILES string of the molecule is CC1(C)c2ccccc2-c2ccc(N(c3ccccc3)c3ccc4ccc5c(c4c3)C(=N)/C(=N\Nc3ccccc3)C=C5)cc21. The van der Waals surface area contributed by atoms with Gasteiger partial charge in [0.05, 0.1) is 11.4 Å². The van der Waals surface area contributed by atoms with Crippen molar-refractivity contribution in [2.24, 2.45) is 5.10 Å². The molecule has 2 aliphatic carbocycles. The molecule has 4 heteroatoms. The molecule has 45 heavy (non-hydrogen) atoms. The molecule has 0 aliphatic heterocycles. The Labute approximate surface area is 263 Å². The van der Waals surface area contributed by atoms with Crippen LogP contribution in [0.2, 0.25) is 0 Å². The van der Waals surface area contributed by atoms with Gasteiger partial charge in [0.1, 0.15) is 5.71 Å². The Balaban J connectivity index is 1.26. The molecule has 6 aromatic carbocycles. The highest BCUT2D eigenvalue weighted by Gasteiger charge is 2.35. The topological polar surface area (TPSA) is 51.5 Å². The molecule has 0 heterocycles. The Kier molecular flexibility index (Phi) is 6.24. The summed E-state index contributed by atoms with van der Waals surface area (Å²) in [7, 11) is 0. The molecule has 4 nitrogen and oxygen atoms in total. The lowest BCUT2D eigenvalue weighted by Gasteiger charge is -2.28. The van der Waals surface area contributed by atoms with Gasteiger partial charge in [-0.15, -0.1) is 0 Å². The van der Waals surface area contributed by atoms with Gasteiger partial charge >= 0.3 is 0 Å². The fraction of sp³-hybridized carbons (Fsp3) is 0.0732. The molecule has 0 bridgehead atoms. The van der Waals surface area contributed by atoms with E-state index in [1.54, 1.807) is 0 Å². The summed E-state index contributed by atoms with van der Waals surface area (Å²) in [5.74, 6) is 0. The Morgan fingerprint density at radius 3 is 2.11 bits per heavy atom. The number of benzene rings is 6. The number of rotatable bonds is 5. The van der Waals surface area contributed by atoms with Crippen LogP contribution in [0.1, 0.15) is 36.1 Å². The normalized spacial score (nSPS) is 15.1. The van der Waals surface area contributed by atoms with Crippen LogP contribution >= 0.6 is 0 Å². The number of allylic oxidation sites excluding steroid dienone is 1. The highest BCUT2D eigenvalue weighted by Crippen LogP contribution is 2.50. The van der Waals surface area contributed by atoms with Crippen molar-refractivity contribution < 1.29 is 0 Å². The lowest BCUT2D eigenvalue weighted by atomic mass is 9.82. The minimum absolute atomic E-state index is 0.0995. The molecule has 0 saturated carbocycles. The lowest BCUT2D eigenvalue weighted by Crippen LogP contribution is -2.19. The summed E-state index contributed by atoms with van der Waals surface area (Å²) >= 11 is 0. The van der Waals surface area contributed by atoms with E-state index in [1.165, 1.54) is 22.3 Å². The standard InChI is InChI=1S/C41H32N4/c1-41(2)36-16-10-9-15-33(36)34-23-22-32(26-37(34)41)45(30-13-7-4-8-14-30)31-21-19-27-17-18-28-20-24-38(40(42)39(28)35(27)25-31)44-43-29-11-5-3-6-12-29/h3-26,42-43H,1-2H3/b42-40?,44-38-. The van der Waals surface area contributed by atoms with Gasteiger partial charge in [0.2, 0.25) is 0 Å². The number of nitrogens with zero attached hydrogens (tertiary/aromatic N) is 2. The first-order chi connectivity index (χ1) is 22.0. The number of para-hydroxylation sites is 2. The summed E-state index contributed by atoms with van der Waals surface area (Å²) in [6.07, 6.45) is 3.97. The molecule has 0 fully saturated rings. The van der Waals surface area contributed by atoms with Gasteiger partial charge in [-0.3, -0.25) is 10.8 Å². The smallest absolute Gasteiger partial charge is 0.109 e. The van der Waals surface area contributed by atoms with Crippen LogP contribution in [0.15, 0.2) is 145 Å². The molecule has 0 saturated heterocycles. The molecule has 2 N–H and O–H groups in total. The van der Waals surface area contributed by atoms with E-state index in [2.05, 4.69) is 138 Å². The van der Waals surface area contributed by atoms with Crippen molar-refractivity contribution in [3.8, 4) is 11.1 Å². The molecule has 0 spiro atoms. The molecule has 0 amide bonds. The average Bonchev–Trinajstić information content (AvgIpc) is 3.31. The Morgan fingerprint density at radius 1 is 0.622 bits per heavy atom. The average molecular weight is 581 g/mol. The second-order valence-electron chi connectivity index (χ2n) is 12.2. The predicted octanol–water partition coefficient (Wildman–Crippen LogP) is 10.5. The summed E-state index contributed by atoms with van der Waals surface area (Å²) in [4.78, 5) is 2.33. The molecule has 0 atom stereocenters. The summed E-state index contributed by atoms with van der Waals surface area (Å²) in [6.45, 7) is 4.64. The first kappa shape index (κ1) is 26.9. The van der Waals surface area contributed by atoms with Crippen molar-refractivity contribution in [1.82, 2.24) is 0 Å². The van der Waals surface area contributed by atoms with Gasteiger partial charge in [0.15, 0.2) is 0 Å². The molecule has 216 valence electrons. The minimum atomic E-state index is -0.0995. The maximum Gasteiger partial charge on any atom is 0.109 e. The third kappa shape index (κ3) is 4.46. The Hall–Kier alpha value is -5.74. The van der Waals surface area contributed by atoms with Crippen molar-refractivity contribution in [1.29, 1.82) is 5.41 Å². The van der Waals surface area contributed by atoms with Gasteiger partial charge in [-0.05, 0) is 93.2 Å². The van der Waals surface area contributed by atoms with Crippen molar-refractivity contribution in [3.05, 3.63) is 162 Å². The van der Waals surface area contributed by atoms with E-state index in [0.29, 0.717) is 11.4 Å². The van der Waals surface area contributed by atoms with Gasteiger partial charge in [-0.2, -0.15) is 5.10 Å². The van der Waals surface area contributed by atoms with Gasteiger partial charge in [0, 0.05) is 28.0 Å². The van der Waals surface area contributed by atoms with Crippen LogP contribution in [0.25, 0.3) is 28.0 Å². The maximum atomic E-state index is 9.24. The largest absolute Gasteiger partial charge is 0.310 e. The van der Waals surface area contributed by atoms with Crippen LogP contribution < -0.4 is 10.3 Å². The predicted molar refractivity (Wildman–Crippen MR) is 190 cm³/mol. The highest BCUT2D eigenvalue weighted by molar-refractivity contribution is 6.55. The van der Waals surface area contributed by atoms with Crippen molar-refractivity contribution >= 4 is 51.0 Å². The third-order valence-corrected chi connectivity index (χ3v) is 9.14. The zero-order valence-electron chi connectivity index (χ0n) is 25.3. The summed E-state index contributed by atoms with van der Waals surface area (Å²) < 4.78 is 0. The van der Waals surface area contributed by atoms with Gasteiger partial charge in [-0.25, -0.2) is 0 Å². The van der Waals surface area contributed by atoms with E-state index < -0.39 is 0 Å². The van der Waals surface area contributed by atoms with Crippen molar-refractivity contribution in [2.75, 3.05) is 10.3 Å². The zero-order chi connectivity index (χ0) is 30.5. The monoisotopic (exact) mass is 580 g/mol. The van der Waals surface area contributed by atoms with Crippen LogP contribution in [0, 0.1) is 5.41 Å². The fourth-order valence-electron chi connectivity index (χ4n) is 6.85. The van der Waals surface area contributed by atoms with Crippen LogP contribution in [0.5, 0.6) is 0 Å². The quantitative estimate of drug-likeness (QED) is 0.199. The first-order valence-electron chi connectivity index (χ1n) is 15.3. The van der Waals surface area contributed by atoms with Crippen LogP contribution in [0.3, 0.4) is 0 Å². The Bertz CT molecular complexity index is 2180. The molecule has 0 unspecified atom stereocenters. The number of hydrogen-bond acceptors (Lipinski definition) is 4. The third-order valence-electron chi connectivity index (χ3n) is 9.14. The van der Waals surface area contributed by atoms with Crippen LogP contribution in [0.4, 0.5) is 22.7 Å². The molecular formula is C41H32N4. The number of nitrogens with one attached hydrogen (secondary N) is 2. The number of anilines is 4. The second-order valence-corrected chi connectivity index (χ2v) is 12.2. The van der Waals surface area contributed by atoms with Gasteiger partial charge < -0.3 is 4.90 Å². The van der Waals surface area contributed by atoms with Crippen LogP contribution in [-0.4, -0.2) is 11.4 Å². The number of hydrazone groups is 1. The maximum absolute atomic E-state index is 9.24. The van der Waals surface area contributed by atoms with E-state index in [-0.39, 0.29) is 5.41 Å². The minimum Gasteiger partial charge on any atom is -0.310 e. The van der Waals surface area contributed by atoms with Gasteiger partial charge in [0.25, 0.3) is 0 Å². The van der Waals surface area contributed by atoms with E-state index in [9.17, 15) is 5.41 Å². The van der Waals surface area contributed by atoms with Crippen molar-refractivity contribution in [2.45, 2.75) is 19.3 Å². The van der Waals surface area contributed by atoms with Crippen LogP contribution in [-0.2, 0) is 5.41 Å². The van der Waals surface area contributed by atoms with E-state index in [0.717, 1.165) is 44.6 Å². The summed E-state index contributed by atoms with van der Waals surface area (Å²) in [5, 5.41) is 16.0. The molecule has 8 rings (SSSR count).